The predicted molar refractivity (Wildman–Crippen MR) is 36.9 cm³/mol. The van der Waals surface area contributed by atoms with Gasteiger partial charge in [0.05, 0.1) is 0 Å². The third-order valence-corrected chi connectivity index (χ3v) is 3.82. The molecule has 0 saturated heterocycles. The van der Waals surface area contributed by atoms with Crippen LogP contribution in [0.15, 0.2) is 0 Å². The molecule has 0 aromatic carbocycles. The lowest BCUT2D eigenvalue weighted by atomic mass is 11.0. The number of hydrogen-bond acceptors (Lipinski definition) is 0. The molecule has 36 valence electrons. The van der Waals surface area contributed by atoms with Crippen molar-refractivity contribution >= 4 is 45.8 Å². The van der Waals surface area contributed by atoms with E-state index >= 15 is 0 Å². The van der Waals surface area contributed by atoms with E-state index in [4.69, 9.17) is 23.2 Å². The maximum Gasteiger partial charge on any atom is 0.131 e. The van der Waals surface area contributed by atoms with Gasteiger partial charge in [-0.2, -0.15) is 0 Å². The summed E-state index contributed by atoms with van der Waals surface area (Å²) in [5, 5.41) is 0. The highest BCUT2D eigenvalue weighted by molar-refractivity contribution is 14.1. The number of rotatable bonds is 0. The van der Waals surface area contributed by atoms with E-state index in [0.717, 1.165) is 6.42 Å². The Labute approximate surface area is 60.3 Å². The van der Waals surface area contributed by atoms with Crippen molar-refractivity contribution in [2.75, 3.05) is 0 Å². The normalized spacial score (nSPS) is 39.5. The lowest BCUT2D eigenvalue weighted by Crippen LogP contribution is -1.83. The standard InChI is InChI=1S/C3H3Cl2I/c4-3(5)1-2(3)6/h2H,1H2/t2-/m0/s1. The smallest absolute Gasteiger partial charge is 0.100 e. The Kier molecular flexibility index (Phi) is 1.26. The molecule has 0 spiro atoms. The van der Waals surface area contributed by atoms with E-state index < -0.39 is 0 Å². The summed E-state index contributed by atoms with van der Waals surface area (Å²) >= 11 is 13.3. The van der Waals surface area contributed by atoms with Crippen molar-refractivity contribution in [3.8, 4) is 0 Å². The molecule has 0 bridgehead atoms. The largest absolute Gasteiger partial charge is 0.131 e. The average molecular weight is 237 g/mol. The van der Waals surface area contributed by atoms with E-state index in [1.165, 1.54) is 0 Å². The van der Waals surface area contributed by atoms with E-state index in [2.05, 4.69) is 22.6 Å². The quantitative estimate of drug-likeness (QED) is 0.448. The summed E-state index contributed by atoms with van der Waals surface area (Å²) in [6.07, 6.45) is 0.955. The first-order valence-electron chi connectivity index (χ1n) is 1.65. The van der Waals surface area contributed by atoms with Gasteiger partial charge >= 0.3 is 0 Å². The van der Waals surface area contributed by atoms with Crippen molar-refractivity contribution in [2.45, 2.75) is 14.7 Å². The zero-order valence-corrected chi connectivity index (χ0v) is 6.59. The van der Waals surface area contributed by atoms with Crippen molar-refractivity contribution in [1.82, 2.24) is 0 Å². The van der Waals surface area contributed by atoms with Crippen LogP contribution in [-0.4, -0.2) is 8.26 Å². The van der Waals surface area contributed by atoms with Crippen LogP contribution in [0.1, 0.15) is 6.42 Å². The summed E-state index contributed by atoms with van der Waals surface area (Å²) < 4.78 is 0.138. The van der Waals surface area contributed by atoms with Crippen LogP contribution in [0.25, 0.3) is 0 Å². The predicted octanol–water partition coefficient (Wildman–Crippen LogP) is 2.37. The number of halogens is 3. The van der Waals surface area contributed by atoms with Gasteiger partial charge in [-0.1, -0.05) is 22.6 Å². The molecular formula is C3H3Cl2I. The van der Waals surface area contributed by atoms with Crippen molar-refractivity contribution < 1.29 is 0 Å². The minimum absolute atomic E-state index is 0.361. The van der Waals surface area contributed by atoms with Gasteiger partial charge in [0.25, 0.3) is 0 Å². The minimum Gasteiger partial charge on any atom is -0.100 e. The maximum atomic E-state index is 5.55. The van der Waals surface area contributed by atoms with Crippen LogP contribution in [0.4, 0.5) is 0 Å². The van der Waals surface area contributed by atoms with Gasteiger partial charge in [-0.3, -0.25) is 0 Å². The van der Waals surface area contributed by atoms with Crippen LogP contribution in [0.2, 0.25) is 0 Å². The van der Waals surface area contributed by atoms with E-state index in [-0.39, 0.29) is 4.33 Å². The van der Waals surface area contributed by atoms with E-state index in [1.807, 2.05) is 0 Å². The van der Waals surface area contributed by atoms with Crippen LogP contribution in [0.3, 0.4) is 0 Å². The molecule has 0 unspecified atom stereocenters. The van der Waals surface area contributed by atoms with E-state index in [9.17, 15) is 0 Å². The lowest BCUT2D eigenvalue weighted by Gasteiger charge is -1.83. The minimum atomic E-state index is -0.361. The Morgan fingerprint density at radius 3 is 1.83 bits per heavy atom. The van der Waals surface area contributed by atoms with E-state index in [1.54, 1.807) is 0 Å². The lowest BCUT2D eigenvalue weighted by molar-refractivity contribution is 1.37. The molecule has 1 saturated carbocycles. The van der Waals surface area contributed by atoms with Crippen LogP contribution < -0.4 is 0 Å². The first-order chi connectivity index (χ1) is 2.63. The van der Waals surface area contributed by atoms with Gasteiger partial charge < -0.3 is 0 Å². The summed E-state index contributed by atoms with van der Waals surface area (Å²) in [5.74, 6) is 0. The van der Waals surface area contributed by atoms with Crippen LogP contribution in [-0.2, 0) is 0 Å². The Morgan fingerprint density at radius 1 is 1.67 bits per heavy atom. The van der Waals surface area contributed by atoms with Crippen molar-refractivity contribution in [2.24, 2.45) is 0 Å². The highest BCUT2D eigenvalue weighted by atomic mass is 127. The summed E-state index contributed by atoms with van der Waals surface area (Å²) in [6.45, 7) is 0. The molecule has 0 aliphatic heterocycles. The van der Waals surface area contributed by atoms with Gasteiger partial charge in [-0.25, -0.2) is 0 Å². The zero-order valence-electron chi connectivity index (χ0n) is 2.92. The summed E-state index contributed by atoms with van der Waals surface area (Å²) in [4.78, 5) is 0. The van der Waals surface area contributed by atoms with Crippen LogP contribution in [0.5, 0.6) is 0 Å². The zero-order chi connectivity index (χ0) is 4.78. The Bertz CT molecular complexity index is 71.2. The second-order valence-electron chi connectivity index (χ2n) is 1.43. The van der Waals surface area contributed by atoms with Crippen molar-refractivity contribution in [1.29, 1.82) is 0 Å². The molecule has 1 rings (SSSR count). The molecule has 3 heteroatoms. The van der Waals surface area contributed by atoms with Gasteiger partial charge in [-0.05, 0) is 6.42 Å². The Hall–Kier alpha value is 1.31. The molecule has 1 aliphatic carbocycles. The first kappa shape index (κ1) is 5.45. The average Bonchev–Trinajstić information content (AvgIpc) is 1.73. The second kappa shape index (κ2) is 1.39. The number of alkyl halides is 3. The number of hydrogen-bond donors (Lipinski definition) is 0. The molecule has 1 fully saturated rings. The molecule has 0 N–H and O–H groups in total. The summed E-state index contributed by atoms with van der Waals surface area (Å²) in [6, 6.07) is 0. The molecule has 0 aromatic heterocycles. The topological polar surface area (TPSA) is 0 Å². The molecule has 1 atom stereocenters. The van der Waals surface area contributed by atoms with Gasteiger partial charge in [0.1, 0.15) is 4.33 Å². The third kappa shape index (κ3) is 0.928. The highest BCUT2D eigenvalue weighted by Gasteiger charge is 2.49. The van der Waals surface area contributed by atoms with Crippen molar-refractivity contribution in [3.05, 3.63) is 0 Å². The molecule has 1 aliphatic rings. The molecular weight excluding hydrogens is 234 g/mol. The second-order valence-corrected chi connectivity index (χ2v) is 4.48. The molecule has 0 aromatic rings. The fourth-order valence-corrected chi connectivity index (χ4v) is 1.70. The SMILES string of the molecule is ClC1(Cl)C[C@@H]1I. The van der Waals surface area contributed by atoms with Gasteiger partial charge in [0.2, 0.25) is 0 Å². The van der Waals surface area contributed by atoms with Crippen LogP contribution in [0, 0.1) is 0 Å². The molecule has 0 radical (unpaired) electrons. The van der Waals surface area contributed by atoms with Gasteiger partial charge in [0.15, 0.2) is 0 Å². The van der Waals surface area contributed by atoms with Crippen molar-refractivity contribution in [3.63, 3.8) is 0 Å². The van der Waals surface area contributed by atoms with Gasteiger partial charge in [0, 0.05) is 3.92 Å². The molecule has 0 amide bonds. The molecule has 6 heavy (non-hydrogen) atoms. The monoisotopic (exact) mass is 236 g/mol. The molecule has 0 heterocycles. The first-order valence-corrected chi connectivity index (χ1v) is 3.65. The Morgan fingerprint density at radius 2 is 1.83 bits per heavy atom. The molecule has 0 nitrogen and oxygen atoms in total. The fourth-order valence-electron chi connectivity index (χ4n) is 0.180. The van der Waals surface area contributed by atoms with Gasteiger partial charge in [-0.15, -0.1) is 23.2 Å². The Balaban J connectivity index is 2.41. The summed E-state index contributed by atoms with van der Waals surface area (Å²) in [5.41, 5.74) is 0. The fraction of sp³-hybridized carbons (Fsp3) is 1.00. The van der Waals surface area contributed by atoms with E-state index in [0.29, 0.717) is 3.92 Å². The third-order valence-electron chi connectivity index (χ3n) is 0.750. The highest BCUT2D eigenvalue weighted by Crippen LogP contribution is 2.52. The maximum absolute atomic E-state index is 5.55. The van der Waals surface area contributed by atoms with Crippen LogP contribution >= 0.6 is 45.8 Å². The summed E-state index contributed by atoms with van der Waals surface area (Å²) in [7, 11) is 0.